The maximum atomic E-state index is 12.3. The van der Waals surface area contributed by atoms with Crippen molar-refractivity contribution < 1.29 is 23.9 Å². The second-order valence-electron chi connectivity index (χ2n) is 6.33. The first kappa shape index (κ1) is 20.2. The van der Waals surface area contributed by atoms with Crippen molar-refractivity contribution in [2.24, 2.45) is 0 Å². The first-order chi connectivity index (χ1) is 12.8. The molecule has 2 aromatic carbocycles. The highest BCUT2D eigenvalue weighted by atomic mass is 16.6. The number of benzene rings is 2. The van der Waals surface area contributed by atoms with Gasteiger partial charge in [-0.2, -0.15) is 0 Å². The van der Waals surface area contributed by atoms with E-state index in [-0.39, 0.29) is 0 Å². The second-order valence-corrected chi connectivity index (χ2v) is 6.33. The van der Waals surface area contributed by atoms with Crippen LogP contribution < -0.4 is 5.32 Å². The average molecular weight is 369 g/mol. The van der Waals surface area contributed by atoms with E-state index >= 15 is 0 Å². The van der Waals surface area contributed by atoms with Gasteiger partial charge < -0.3 is 14.8 Å². The molecule has 6 nitrogen and oxygen atoms in total. The van der Waals surface area contributed by atoms with Crippen LogP contribution in [0.2, 0.25) is 0 Å². The Morgan fingerprint density at radius 1 is 1.00 bits per heavy atom. The van der Waals surface area contributed by atoms with Crippen molar-refractivity contribution in [2.45, 2.75) is 33.8 Å². The van der Waals surface area contributed by atoms with Gasteiger partial charge in [0.2, 0.25) is 6.10 Å². The molecule has 2 aromatic rings. The van der Waals surface area contributed by atoms with Crippen LogP contribution in [0.15, 0.2) is 42.5 Å². The van der Waals surface area contributed by atoms with Gasteiger partial charge >= 0.3 is 11.9 Å². The van der Waals surface area contributed by atoms with E-state index in [0.29, 0.717) is 11.3 Å². The van der Waals surface area contributed by atoms with E-state index in [0.717, 1.165) is 16.7 Å². The summed E-state index contributed by atoms with van der Waals surface area (Å²) in [4.78, 5) is 35.8. The van der Waals surface area contributed by atoms with Crippen molar-refractivity contribution in [3.05, 3.63) is 64.7 Å². The molecule has 142 valence electrons. The molecular weight excluding hydrogens is 346 g/mol. The quantitative estimate of drug-likeness (QED) is 0.789. The van der Waals surface area contributed by atoms with Gasteiger partial charge in [-0.15, -0.1) is 0 Å². The number of aryl methyl sites for hydroxylation is 3. The number of anilines is 1. The van der Waals surface area contributed by atoms with Gasteiger partial charge in [-0.3, -0.25) is 9.59 Å². The van der Waals surface area contributed by atoms with Crippen molar-refractivity contribution in [2.75, 3.05) is 11.9 Å². The lowest BCUT2D eigenvalue weighted by Crippen LogP contribution is -2.26. The summed E-state index contributed by atoms with van der Waals surface area (Å²) in [5.74, 6) is -1.88. The summed E-state index contributed by atoms with van der Waals surface area (Å²) < 4.78 is 10.1. The van der Waals surface area contributed by atoms with E-state index in [1.165, 1.54) is 6.92 Å². The molecule has 27 heavy (non-hydrogen) atoms. The molecule has 1 atom stereocenters. The van der Waals surface area contributed by atoms with Gasteiger partial charge in [0, 0.05) is 18.2 Å². The van der Waals surface area contributed by atoms with E-state index in [1.54, 1.807) is 30.3 Å². The summed E-state index contributed by atoms with van der Waals surface area (Å²) in [6.07, 6.45) is -1.21. The molecule has 0 aliphatic heterocycles. The highest BCUT2D eigenvalue weighted by molar-refractivity contribution is 5.94. The van der Waals surface area contributed by atoms with Crippen LogP contribution in [0.1, 0.15) is 35.3 Å². The normalized spacial score (nSPS) is 11.4. The Bertz CT molecular complexity index is 822. The first-order valence-electron chi connectivity index (χ1n) is 8.54. The molecule has 0 bridgehead atoms. The molecule has 0 fully saturated rings. The smallest absolute Gasteiger partial charge is 0.352 e. The molecular formula is C21H23NO5. The van der Waals surface area contributed by atoms with E-state index in [9.17, 15) is 14.4 Å². The second kappa shape index (κ2) is 8.98. The first-order valence-corrected chi connectivity index (χ1v) is 8.54. The number of amides is 1. The molecule has 0 heterocycles. The highest BCUT2D eigenvalue weighted by Gasteiger charge is 2.26. The number of nitrogens with one attached hydrogen (secondary N) is 1. The molecule has 0 unspecified atom stereocenters. The summed E-state index contributed by atoms with van der Waals surface area (Å²) >= 11 is 0. The SMILES string of the molecule is CC(=O)O[C@H](C(=O)OCC(=O)Nc1c(C)cc(C)cc1C)c1ccccc1. The highest BCUT2D eigenvalue weighted by Crippen LogP contribution is 2.22. The number of carbonyl (C=O) groups is 3. The third kappa shape index (κ3) is 5.67. The van der Waals surface area contributed by atoms with Crippen molar-refractivity contribution in [3.63, 3.8) is 0 Å². The minimum absolute atomic E-state index is 0.465. The van der Waals surface area contributed by atoms with E-state index in [4.69, 9.17) is 9.47 Å². The minimum atomic E-state index is -1.21. The molecule has 1 amide bonds. The number of hydrogen-bond donors (Lipinski definition) is 1. The molecule has 0 saturated heterocycles. The Kier molecular flexibility index (Phi) is 6.71. The zero-order chi connectivity index (χ0) is 20.0. The van der Waals surface area contributed by atoms with E-state index in [2.05, 4.69) is 5.32 Å². The molecule has 1 N–H and O–H groups in total. The van der Waals surface area contributed by atoms with Gasteiger partial charge in [-0.1, -0.05) is 48.0 Å². The van der Waals surface area contributed by atoms with Gasteiger partial charge in [0.1, 0.15) is 0 Å². The van der Waals surface area contributed by atoms with Crippen molar-refractivity contribution >= 4 is 23.5 Å². The Morgan fingerprint density at radius 3 is 2.15 bits per heavy atom. The number of hydrogen-bond acceptors (Lipinski definition) is 5. The van der Waals surface area contributed by atoms with Crippen LogP contribution in [0.4, 0.5) is 5.69 Å². The lowest BCUT2D eigenvalue weighted by atomic mass is 10.1. The molecule has 0 radical (unpaired) electrons. The molecule has 0 saturated carbocycles. The number of ether oxygens (including phenoxy) is 2. The molecule has 0 aliphatic carbocycles. The Balaban J connectivity index is 2.02. The topological polar surface area (TPSA) is 81.7 Å². The fourth-order valence-electron chi connectivity index (χ4n) is 2.81. The molecule has 0 aromatic heterocycles. The maximum absolute atomic E-state index is 12.3. The minimum Gasteiger partial charge on any atom is -0.453 e. The zero-order valence-corrected chi connectivity index (χ0v) is 15.9. The van der Waals surface area contributed by atoms with Gasteiger partial charge in [-0.25, -0.2) is 4.79 Å². The summed E-state index contributed by atoms with van der Waals surface area (Å²) in [6, 6.07) is 12.4. The lowest BCUT2D eigenvalue weighted by molar-refractivity contribution is -0.168. The van der Waals surface area contributed by atoms with Crippen LogP contribution in [-0.4, -0.2) is 24.5 Å². The summed E-state index contributed by atoms with van der Waals surface area (Å²) in [5.41, 5.74) is 4.12. The monoisotopic (exact) mass is 369 g/mol. The fraction of sp³-hybridized carbons (Fsp3) is 0.286. The fourth-order valence-corrected chi connectivity index (χ4v) is 2.81. The summed E-state index contributed by atoms with van der Waals surface area (Å²) in [5, 5.41) is 2.76. The molecule has 2 rings (SSSR count). The van der Waals surface area contributed by atoms with Gasteiger partial charge in [0.25, 0.3) is 5.91 Å². The van der Waals surface area contributed by atoms with Crippen LogP contribution in [0.3, 0.4) is 0 Å². The van der Waals surface area contributed by atoms with Crippen LogP contribution in [0, 0.1) is 20.8 Å². The van der Waals surface area contributed by atoms with Crippen molar-refractivity contribution in [3.8, 4) is 0 Å². The van der Waals surface area contributed by atoms with Gasteiger partial charge in [0.05, 0.1) is 0 Å². The van der Waals surface area contributed by atoms with E-state index in [1.807, 2.05) is 32.9 Å². The number of esters is 2. The van der Waals surface area contributed by atoms with Crippen LogP contribution in [0.5, 0.6) is 0 Å². The van der Waals surface area contributed by atoms with Crippen LogP contribution in [-0.2, 0) is 23.9 Å². The van der Waals surface area contributed by atoms with Gasteiger partial charge in [-0.05, 0) is 31.9 Å². The third-order valence-electron chi connectivity index (χ3n) is 3.89. The molecule has 6 heteroatoms. The van der Waals surface area contributed by atoms with Gasteiger partial charge in [0.15, 0.2) is 6.61 Å². The maximum Gasteiger partial charge on any atom is 0.352 e. The Hall–Kier alpha value is -3.15. The standard InChI is InChI=1S/C21H23NO5/c1-13-10-14(2)19(15(3)11-13)22-18(24)12-26-21(25)20(27-16(4)23)17-8-6-5-7-9-17/h5-11,20H,12H2,1-4H3,(H,22,24)/t20-/m0/s1. The number of carbonyl (C=O) groups excluding carboxylic acids is 3. The predicted octanol–water partition coefficient (Wildman–Crippen LogP) is 3.40. The third-order valence-corrected chi connectivity index (χ3v) is 3.89. The predicted molar refractivity (Wildman–Crippen MR) is 101 cm³/mol. The molecule has 0 spiro atoms. The summed E-state index contributed by atoms with van der Waals surface area (Å²) in [6.45, 7) is 6.50. The summed E-state index contributed by atoms with van der Waals surface area (Å²) in [7, 11) is 0. The largest absolute Gasteiger partial charge is 0.453 e. The van der Waals surface area contributed by atoms with E-state index < -0.39 is 30.6 Å². The number of rotatable bonds is 6. The van der Waals surface area contributed by atoms with Crippen molar-refractivity contribution in [1.82, 2.24) is 0 Å². The lowest BCUT2D eigenvalue weighted by Gasteiger charge is -2.17. The molecule has 0 aliphatic rings. The van der Waals surface area contributed by atoms with Crippen molar-refractivity contribution in [1.29, 1.82) is 0 Å². The zero-order valence-electron chi connectivity index (χ0n) is 15.9. The Labute approximate surface area is 158 Å². The Morgan fingerprint density at radius 2 is 1.59 bits per heavy atom. The van der Waals surface area contributed by atoms with Crippen LogP contribution >= 0.6 is 0 Å². The van der Waals surface area contributed by atoms with Crippen LogP contribution in [0.25, 0.3) is 0 Å². The average Bonchev–Trinajstić information content (AvgIpc) is 2.61.